The Morgan fingerprint density at radius 1 is 1.03 bits per heavy atom. The predicted molar refractivity (Wildman–Crippen MR) is 114 cm³/mol. The van der Waals surface area contributed by atoms with Gasteiger partial charge in [0, 0.05) is 49.4 Å². The minimum absolute atomic E-state index is 0.0631. The summed E-state index contributed by atoms with van der Waals surface area (Å²) in [6.07, 6.45) is 1.56. The predicted octanol–water partition coefficient (Wildman–Crippen LogP) is 3.54. The zero-order chi connectivity index (χ0) is 20.5. The van der Waals surface area contributed by atoms with Gasteiger partial charge in [0.2, 0.25) is 0 Å². The van der Waals surface area contributed by atoms with Crippen LogP contribution in [0.4, 0.5) is 5.69 Å². The van der Waals surface area contributed by atoms with Crippen LogP contribution in [0.15, 0.2) is 42.5 Å². The number of Topliss-reactive ketones (excluding diaryl/α,β-unsaturated/α-hetero) is 1. The van der Waals surface area contributed by atoms with Crippen molar-refractivity contribution in [1.82, 2.24) is 4.90 Å². The first-order valence-corrected chi connectivity index (χ1v) is 10.4. The molecule has 2 atom stereocenters. The van der Waals surface area contributed by atoms with Crippen LogP contribution >= 0.6 is 0 Å². The number of carboxylic acids is 1. The Morgan fingerprint density at radius 3 is 2.48 bits per heavy atom. The van der Waals surface area contributed by atoms with Gasteiger partial charge in [0.05, 0.1) is 6.42 Å². The first-order valence-electron chi connectivity index (χ1n) is 10.4. The van der Waals surface area contributed by atoms with E-state index in [0.29, 0.717) is 18.5 Å². The first kappa shape index (κ1) is 19.6. The van der Waals surface area contributed by atoms with E-state index < -0.39 is 5.97 Å². The third kappa shape index (κ3) is 4.20. The SMILES string of the molecule is CC1CN(c2ccc3c(c2)CCC3=O)C[C@H](C)N1Cc1cccc(CC(=O)O)c1. The van der Waals surface area contributed by atoms with Crippen molar-refractivity contribution in [2.45, 2.75) is 51.7 Å². The van der Waals surface area contributed by atoms with Crippen LogP contribution in [-0.2, 0) is 24.2 Å². The summed E-state index contributed by atoms with van der Waals surface area (Å²) < 4.78 is 0. The standard InChI is InChI=1S/C24H28N2O3/c1-16-13-25(21-7-8-22-20(12-21)6-9-23(22)27)14-17(2)26(16)15-19-5-3-4-18(10-19)11-24(28)29/h3-5,7-8,10,12,16-17H,6,9,11,13-15H2,1-2H3,(H,28,29)/t16-,17?/m0/s1. The monoisotopic (exact) mass is 392 g/mol. The number of hydrogen-bond acceptors (Lipinski definition) is 4. The quantitative estimate of drug-likeness (QED) is 0.843. The van der Waals surface area contributed by atoms with Crippen LogP contribution in [0.5, 0.6) is 0 Å². The average Bonchev–Trinajstić information content (AvgIpc) is 3.05. The third-order valence-electron chi connectivity index (χ3n) is 6.19. The van der Waals surface area contributed by atoms with Gasteiger partial charge in [-0.3, -0.25) is 14.5 Å². The fraction of sp³-hybridized carbons (Fsp3) is 0.417. The van der Waals surface area contributed by atoms with E-state index in [1.165, 1.54) is 11.3 Å². The highest BCUT2D eigenvalue weighted by Crippen LogP contribution is 2.29. The maximum absolute atomic E-state index is 11.9. The Hall–Kier alpha value is -2.66. The number of benzene rings is 2. The summed E-state index contributed by atoms with van der Waals surface area (Å²) in [6.45, 7) is 7.20. The van der Waals surface area contributed by atoms with Crippen molar-refractivity contribution in [3.05, 3.63) is 64.7 Å². The largest absolute Gasteiger partial charge is 0.481 e. The lowest BCUT2D eigenvalue weighted by molar-refractivity contribution is -0.136. The molecule has 1 heterocycles. The average molecular weight is 392 g/mol. The van der Waals surface area contributed by atoms with Crippen molar-refractivity contribution in [1.29, 1.82) is 0 Å². The molecule has 1 unspecified atom stereocenters. The van der Waals surface area contributed by atoms with Gasteiger partial charge in [0.15, 0.2) is 5.78 Å². The summed E-state index contributed by atoms with van der Waals surface area (Å²) in [5.41, 5.74) is 5.30. The number of carbonyl (C=O) groups is 2. The lowest BCUT2D eigenvalue weighted by Crippen LogP contribution is -2.56. The van der Waals surface area contributed by atoms with Gasteiger partial charge in [-0.05, 0) is 55.2 Å². The molecule has 2 aliphatic rings. The van der Waals surface area contributed by atoms with Gasteiger partial charge in [0.25, 0.3) is 0 Å². The fourth-order valence-electron chi connectivity index (χ4n) is 4.74. The van der Waals surface area contributed by atoms with Gasteiger partial charge in [-0.2, -0.15) is 0 Å². The number of carboxylic acid groups (broad SMARTS) is 1. The second-order valence-corrected chi connectivity index (χ2v) is 8.43. The zero-order valence-electron chi connectivity index (χ0n) is 17.1. The molecule has 0 spiro atoms. The number of hydrogen-bond donors (Lipinski definition) is 1. The molecule has 2 aromatic rings. The van der Waals surface area contributed by atoms with Gasteiger partial charge in [-0.15, -0.1) is 0 Å². The van der Waals surface area contributed by atoms with Crippen molar-refractivity contribution in [3.8, 4) is 0 Å². The highest BCUT2D eigenvalue weighted by molar-refractivity contribution is 6.00. The summed E-state index contributed by atoms with van der Waals surface area (Å²) in [5.74, 6) is -0.531. The molecule has 1 fully saturated rings. The maximum atomic E-state index is 11.9. The van der Waals surface area contributed by atoms with Crippen molar-refractivity contribution in [2.24, 2.45) is 0 Å². The van der Waals surface area contributed by atoms with Crippen molar-refractivity contribution in [3.63, 3.8) is 0 Å². The van der Waals surface area contributed by atoms with Gasteiger partial charge >= 0.3 is 5.97 Å². The van der Waals surface area contributed by atoms with E-state index in [-0.39, 0.29) is 12.2 Å². The summed E-state index contributed by atoms with van der Waals surface area (Å²) in [6, 6.07) is 14.9. The molecule has 29 heavy (non-hydrogen) atoms. The molecule has 1 aliphatic heterocycles. The second-order valence-electron chi connectivity index (χ2n) is 8.43. The van der Waals surface area contributed by atoms with Crippen LogP contribution in [0.2, 0.25) is 0 Å². The number of ketones is 1. The molecular formula is C24H28N2O3. The summed E-state index contributed by atoms with van der Waals surface area (Å²) >= 11 is 0. The van der Waals surface area contributed by atoms with Crippen molar-refractivity contribution < 1.29 is 14.7 Å². The first-order chi connectivity index (χ1) is 13.9. The lowest BCUT2D eigenvalue weighted by Gasteiger charge is -2.45. The molecule has 1 N–H and O–H groups in total. The fourth-order valence-corrected chi connectivity index (χ4v) is 4.74. The van der Waals surface area contributed by atoms with E-state index >= 15 is 0 Å². The highest BCUT2D eigenvalue weighted by atomic mass is 16.4. The number of piperazine rings is 1. The molecule has 1 saturated heterocycles. The van der Waals surface area contributed by atoms with E-state index in [2.05, 4.69) is 41.8 Å². The van der Waals surface area contributed by atoms with Crippen molar-refractivity contribution in [2.75, 3.05) is 18.0 Å². The van der Waals surface area contributed by atoms with Crippen LogP contribution in [0.1, 0.15) is 47.3 Å². The molecule has 1 aliphatic carbocycles. The molecule has 152 valence electrons. The van der Waals surface area contributed by atoms with E-state index in [1.54, 1.807) is 0 Å². The number of nitrogens with zero attached hydrogens (tertiary/aromatic N) is 2. The van der Waals surface area contributed by atoms with Crippen LogP contribution in [0.3, 0.4) is 0 Å². The topological polar surface area (TPSA) is 60.9 Å². The number of aryl methyl sites for hydroxylation is 1. The maximum Gasteiger partial charge on any atom is 0.307 e. The molecule has 4 rings (SSSR count). The highest BCUT2D eigenvalue weighted by Gasteiger charge is 2.30. The Kier molecular flexibility index (Phi) is 5.41. The number of carbonyl (C=O) groups excluding carboxylic acids is 1. The molecule has 2 aromatic carbocycles. The number of aliphatic carboxylic acids is 1. The summed E-state index contributed by atoms with van der Waals surface area (Å²) in [4.78, 5) is 27.8. The number of fused-ring (bicyclic) bond motifs is 1. The minimum Gasteiger partial charge on any atom is -0.481 e. The van der Waals surface area contributed by atoms with Gasteiger partial charge in [-0.25, -0.2) is 0 Å². The van der Waals surface area contributed by atoms with Gasteiger partial charge < -0.3 is 10.0 Å². The summed E-state index contributed by atoms with van der Waals surface area (Å²) in [5, 5.41) is 9.04. The minimum atomic E-state index is -0.798. The van der Waals surface area contributed by atoms with Crippen LogP contribution in [0, 0.1) is 0 Å². The Bertz CT molecular complexity index is 927. The molecular weight excluding hydrogens is 364 g/mol. The Balaban J connectivity index is 1.46. The normalized spacial score (nSPS) is 22.0. The lowest BCUT2D eigenvalue weighted by atomic mass is 10.0. The molecule has 5 nitrogen and oxygen atoms in total. The van der Waals surface area contributed by atoms with E-state index in [9.17, 15) is 9.59 Å². The van der Waals surface area contributed by atoms with E-state index in [4.69, 9.17) is 5.11 Å². The van der Waals surface area contributed by atoms with Gasteiger partial charge in [-0.1, -0.05) is 24.3 Å². The molecule has 0 bridgehead atoms. The summed E-state index contributed by atoms with van der Waals surface area (Å²) in [7, 11) is 0. The van der Waals surface area contributed by atoms with E-state index in [1.807, 2.05) is 24.3 Å². The van der Waals surface area contributed by atoms with Crippen LogP contribution in [-0.4, -0.2) is 46.9 Å². The molecule has 0 radical (unpaired) electrons. The second kappa shape index (κ2) is 7.99. The van der Waals surface area contributed by atoms with Crippen LogP contribution < -0.4 is 4.90 Å². The molecule has 0 aromatic heterocycles. The van der Waals surface area contributed by atoms with Crippen molar-refractivity contribution >= 4 is 17.4 Å². The molecule has 5 heteroatoms. The molecule has 0 saturated carbocycles. The zero-order valence-corrected chi connectivity index (χ0v) is 17.1. The van der Waals surface area contributed by atoms with Gasteiger partial charge in [0.1, 0.15) is 0 Å². The molecule has 0 amide bonds. The Morgan fingerprint density at radius 2 is 1.76 bits per heavy atom. The number of rotatable bonds is 5. The number of anilines is 1. The smallest absolute Gasteiger partial charge is 0.307 e. The van der Waals surface area contributed by atoms with E-state index in [0.717, 1.165) is 42.7 Å². The third-order valence-corrected chi connectivity index (χ3v) is 6.19. The Labute approximate surface area is 171 Å². The van der Waals surface area contributed by atoms with Crippen LogP contribution in [0.25, 0.3) is 0 Å².